The van der Waals surface area contributed by atoms with Crippen molar-refractivity contribution in [3.8, 4) is 5.75 Å². The Bertz CT molecular complexity index is 1330. The summed E-state index contributed by atoms with van der Waals surface area (Å²) in [5.41, 5.74) is 1.86. The van der Waals surface area contributed by atoms with Gasteiger partial charge in [-0.25, -0.2) is 13.4 Å². The van der Waals surface area contributed by atoms with E-state index in [2.05, 4.69) is 4.98 Å². The Morgan fingerprint density at radius 3 is 2.73 bits per heavy atom. The number of sulfonamides is 1. The van der Waals surface area contributed by atoms with Gasteiger partial charge in [-0.2, -0.15) is 4.31 Å². The maximum absolute atomic E-state index is 13.4. The summed E-state index contributed by atoms with van der Waals surface area (Å²) in [5, 5.41) is 1.14. The minimum atomic E-state index is -4.06. The number of benzene rings is 2. The number of para-hydroxylation sites is 1. The smallest absolute Gasteiger partial charge is 0.324 e. The number of esters is 1. The molecular weight excluding hydrogens is 487 g/mol. The maximum atomic E-state index is 13.4. The number of pyridine rings is 1. The molecule has 0 radical (unpaired) electrons. The average Bonchev–Trinajstić information content (AvgIpc) is 3.29. The van der Waals surface area contributed by atoms with Crippen LogP contribution in [0.4, 0.5) is 0 Å². The van der Waals surface area contributed by atoms with Crippen molar-refractivity contribution in [2.75, 3.05) is 13.7 Å². The number of carbonyl (C=O) groups excluding carboxylic acids is 1. The number of aryl methyl sites for hydroxylation is 1. The van der Waals surface area contributed by atoms with Gasteiger partial charge in [0, 0.05) is 28.2 Å². The summed E-state index contributed by atoms with van der Waals surface area (Å²) in [6, 6.07) is 11.3. The Morgan fingerprint density at radius 1 is 1.18 bits per heavy atom. The van der Waals surface area contributed by atoms with Gasteiger partial charge in [-0.1, -0.05) is 41.4 Å². The summed E-state index contributed by atoms with van der Waals surface area (Å²) >= 11 is 12.9. The van der Waals surface area contributed by atoms with Crippen LogP contribution in [0.25, 0.3) is 10.9 Å². The molecule has 1 aliphatic heterocycles. The molecule has 1 aliphatic rings. The van der Waals surface area contributed by atoms with E-state index in [1.165, 1.54) is 19.2 Å². The van der Waals surface area contributed by atoms with Crippen LogP contribution < -0.4 is 4.74 Å². The van der Waals surface area contributed by atoms with Crippen LogP contribution in [0.2, 0.25) is 10.0 Å². The first kappa shape index (κ1) is 23.8. The predicted octanol–water partition coefficient (Wildman–Crippen LogP) is 4.76. The quantitative estimate of drug-likeness (QED) is 0.446. The van der Waals surface area contributed by atoms with Crippen molar-refractivity contribution in [3.63, 3.8) is 0 Å². The Labute approximate surface area is 202 Å². The highest BCUT2D eigenvalue weighted by atomic mass is 35.5. The van der Waals surface area contributed by atoms with E-state index in [4.69, 9.17) is 32.7 Å². The summed E-state index contributed by atoms with van der Waals surface area (Å²) in [7, 11) is -2.83. The van der Waals surface area contributed by atoms with Crippen LogP contribution >= 0.6 is 23.2 Å². The fourth-order valence-corrected chi connectivity index (χ4v) is 6.43. The van der Waals surface area contributed by atoms with Gasteiger partial charge >= 0.3 is 5.97 Å². The van der Waals surface area contributed by atoms with Gasteiger partial charge in [-0.3, -0.25) is 4.79 Å². The highest BCUT2D eigenvalue weighted by Gasteiger charge is 2.41. The summed E-state index contributed by atoms with van der Waals surface area (Å²) in [6.45, 7) is 2.03. The van der Waals surface area contributed by atoms with E-state index in [0.29, 0.717) is 29.7 Å². The summed E-state index contributed by atoms with van der Waals surface area (Å²) in [4.78, 5) is 16.5. The number of fused-ring (bicyclic) bond motifs is 1. The normalized spacial score (nSPS) is 16.8. The maximum Gasteiger partial charge on any atom is 0.324 e. The van der Waals surface area contributed by atoms with Gasteiger partial charge < -0.3 is 9.47 Å². The molecule has 4 rings (SSSR count). The number of methoxy groups -OCH3 is 1. The fourth-order valence-electron chi connectivity index (χ4n) is 3.92. The number of hydrogen-bond donors (Lipinski definition) is 0. The third kappa shape index (κ3) is 4.53. The first-order chi connectivity index (χ1) is 15.7. The van der Waals surface area contributed by atoms with E-state index in [0.717, 1.165) is 15.4 Å². The van der Waals surface area contributed by atoms with Crippen molar-refractivity contribution in [3.05, 3.63) is 63.8 Å². The van der Waals surface area contributed by atoms with Gasteiger partial charge in [0.2, 0.25) is 10.0 Å². The van der Waals surface area contributed by atoms with Crippen LogP contribution in [0.5, 0.6) is 5.75 Å². The Balaban J connectivity index is 1.67. The minimum absolute atomic E-state index is 0.0395. The van der Waals surface area contributed by atoms with E-state index in [1.54, 1.807) is 6.07 Å². The van der Waals surface area contributed by atoms with Gasteiger partial charge in [-0.05, 0) is 44.0 Å². The summed E-state index contributed by atoms with van der Waals surface area (Å²) in [5.74, 6) is -0.0645. The SMILES string of the molecule is COC(=O)C1CCCN1S(=O)(=O)c1ccc(Cl)c(COc2cccc3ccc(C)nc23)c1Cl. The number of rotatable bonds is 6. The van der Waals surface area contributed by atoms with Gasteiger partial charge in [0.1, 0.15) is 28.8 Å². The van der Waals surface area contributed by atoms with E-state index < -0.39 is 22.0 Å². The average molecular weight is 509 g/mol. The molecule has 1 atom stereocenters. The van der Waals surface area contributed by atoms with Gasteiger partial charge in [0.25, 0.3) is 0 Å². The molecule has 2 aromatic carbocycles. The second-order valence-corrected chi connectivity index (χ2v) is 10.3. The third-order valence-corrected chi connectivity index (χ3v) is 8.46. The topological polar surface area (TPSA) is 85.8 Å². The van der Waals surface area contributed by atoms with Crippen LogP contribution in [0.15, 0.2) is 47.4 Å². The number of halogens is 2. The van der Waals surface area contributed by atoms with Crippen LogP contribution in [-0.2, 0) is 26.2 Å². The van der Waals surface area contributed by atoms with E-state index >= 15 is 0 Å². The van der Waals surface area contributed by atoms with Crippen molar-refractivity contribution in [2.24, 2.45) is 0 Å². The predicted molar refractivity (Wildman–Crippen MR) is 126 cm³/mol. The van der Waals surface area contributed by atoms with Gasteiger partial charge in [0.15, 0.2) is 0 Å². The van der Waals surface area contributed by atoms with Crippen LogP contribution in [0.1, 0.15) is 24.1 Å². The highest BCUT2D eigenvalue weighted by molar-refractivity contribution is 7.89. The first-order valence-corrected chi connectivity index (χ1v) is 12.5. The second kappa shape index (κ2) is 9.46. The monoisotopic (exact) mass is 508 g/mol. The van der Waals surface area contributed by atoms with Crippen molar-refractivity contribution in [1.82, 2.24) is 9.29 Å². The number of ether oxygens (including phenoxy) is 2. The Hall–Kier alpha value is -2.39. The first-order valence-electron chi connectivity index (χ1n) is 10.3. The van der Waals surface area contributed by atoms with Crippen molar-refractivity contribution < 1.29 is 22.7 Å². The van der Waals surface area contributed by atoms with Crippen LogP contribution in [0, 0.1) is 6.92 Å². The van der Waals surface area contributed by atoms with Crippen molar-refractivity contribution in [1.29, 1.82) is 0 Å². The Morgan fingerprint density at radius 2 is 1.97 bits per heavy atom. The molecule has 3 aromatic rings. The zero-order valence-electron chi connectivity index (χ0n) is 18.0. The molecule has 10 heteroatoms. The van der Waals surface area contributed by atoms with E-state index in [1.807, 2.05) is 31.2 Å². The molecule has 0 saturated carbocycles. The lowest BCUT2D eigenvalue weighted by atomic mass is 10.2. The third-order valence-electron chi connectivity index (χ3n) is 5.61. The number of hydrogen-bond acceptors (Lipinski definition) is 6. The lowest BCUT2D eigenvalue weighted by molar-refractivity contribution is -0.144. The minimum Gasteiger partial charge on any atom is -0.487 e. The second-order valence-electron chi connectivity index (χ2n) is 7.70. The van der Waals surface area contributed by atoms with Gasteiger partial charge in [-0.15, -0.1) is 0 Å². The number of aromatic nitrogens is 1. The molecule has 174 valence electrons. The molecule has 1 aromatic heterocycles. The fraction of sp³-hybridized carbons (Fsp3) is 0.304. The number of carbonyl (C=O) groups is 1. The number of nitrogens with zero attached hydrogens (tertiary/aromatic N) is 2. The molecule has 1 saturated heterocycles. The summed E-state index contributed by atoms with van der Waals surface area (Å²) in [6.07, 6.45) is 0.939. The molecule has 0 spiro atoms. The molecule has 2 heterocycles. The molecule has 1 unspecified atom stereocenters. The van der Waals surface area contributed by atoms with Gasteiger partial charge in [0.05, 0.1) is 12.1 Å². The molecule has 0 amide bonds. The standard InChI is InChI=1S/C23H22Cl2N2O5S/c1-14-8-9-15-5-3-7-19(22(15)26-14)32-13-16-17(24)10-11-20(21(16)25)33(29,30)27-12-4-6-18(27)23(28)31-2/h3,5,7-11,18H,4,6,12-13H2,1-2H3. The molecule has 7 nitrogen and oxygen atoms in total. The van der Waals surface area contributed by atoms with Crippen LogP contribution in [-0.4, -0.2) is 43.4 Å². The Kier molecular flexibility index (Phi) is 6.81. The zero-order valence-corrected chi connectivity index (χ0v) is 20.4. The molecule has 0 aliphatic carbocycles. The largest absolute Gasteiger partial charge is 0.487 e. The van der Waals surface area contributed by atoms with E-state index in [-0.39, 0.29) is 28.1 Å². The van der Waals surface area contributed by atoms with Crippen LogP contribution in [0.3, 0.4) is 0 Å². The zero-order chi connectivity index (χ0) is 23.8. The lowest BCUT2D eigenvalue weighted by Crippen LogP contribution is -2.41. The van der Waals surface area contributed by atoms with E-state index in [9.17, 15) is 13.2 Å². The molecule has 1 fully saturated rings. The van der Waals surface area contributed by atoms with Crippen molar-refractivity contribution >= 4 is 50.1 Å². The lowest BCUT2D eigenvalue weighted by Gasteiger charge is -2.23. The molecular formula is C23H22Cl2N2O5S. The summed E-state index contributed by atoms with van der Waals surface area (Å²) < 4.78 is 38.6. The van der Waals surface area contributed by atoms with Crippen molar-refractivity contribution in [2.45, 2.75) is 37.3 Å². The molecule has 0 bridgehead atoms. The molecule has 0 N–H and O–H groups in total. The molecule has 33 heavy (non-hydrogen) atoms. The highest BCUT2D eigenvalue weighted by Crippen LogP contribution is 2.36.